The summed E-state index contributed by atoms with van der Waals surface area (Å²) in [5.41, 5.74) is 2.52. The molecule has 0 amide bonds. The van der Waals surface area contributed by atoms with Gasteiger partial charge in [0.2, 0.25) is 0 Å². The summed E-state index contributed by atoms with van der Waals surface area (Å²) in [6.45, 7) is 0. The molecule has 0 saturated heterocycles. The molecule has 0 radical (unpaired) electrons. The Morgan fingerprint density at radius 3 is 1.48 bits per heavy atom. The Kier molecular flexibility index (Phi) is 5.62. The van der Waals surface area contributed by atoms with E-state index in [2.05, 4.69) is 97.3 Å². The summed E-state index contributed by atoms with van der Waals surface area (Å²) < 4.78 is 0. The van der Waals surface area contributed by atoms with Gasteiger partial charge in [-0.3, -0.25) is 0 Å². The van der Waals surface area contributed by atoms with Crippen LogP contribution in [0.2, 0.25) is 0 Å². The maximum absolute atomic E-state index is 2.18. The van der Waals surface area contributed by atoms with Crippen LogP contribution < -0.4 is 0 Å². The van der Waals surface area contributed by atoms with Crippen molar-refractivity contribution >= 4 is 33.3 Å². The Morgan fingerprint density at radius 2 is 1.00 bits per heavy atom. The van der Waals surface area contributed by atoms with Crippen molar-refractivity contribution in [2.24, 2.45) is 0 Å². The molecule has 0 heterocycles. The lowest BCUT2D eigenvalue weighted by atomic mass is 10.1. The van der Waals surface area contributed by atoms with Crippen molar-refractivity contribution in [1.29, 1.82) is 0 Å². The van der Waals surface area contributed by atoms with E-state index in [1.807, 2.05) is 11.8 Å². The van der Waals surface area contributed by atoms with E-state index in [0.29, 0.717) is 0 Å². The zero-order valence-electron chi connectivity index (χ0n) is 13.0. The second kappa shape index (κ2) is 8.09. The van der Waals surface area contributed by atoms with E-state index < -0.39 is 0 Å². The van der Waals surface area contributed by atoms with Crippen molar-refractivity contribution in [3.63, 3.8) is 0 Å². The lowest BCUT2D eigenvalue weighted by Gasteiger charge is -2.14. The third-order valence-electron chi connectivity index (χ3n) is 3.45. The first-order valence-corrected chi connectivity index (χ1v) is 9.54. The van der Waals surface area contributed by atoms with Crippen LogP contribution in [-0.4, -0.2) is 6.26 Å². The van der Waals surface area contributed by atoms with E-state index in [0.717, 1.165) is 0 Å². The predicted molar refractivity (Wildman–Crippen MR) is 106 cm³/mol. The van der Waals surface area contributed by atoms with Gasteiger partial charge < -0.3 is 0 Å². The van der Waals surface area contributed by atoms with E-state index in [1.54, 1.807) is 11.8 Å². The van der Waals surface area contributed by atoms with Gasteiger partial charge in [-0.2, -0.15) is 0 Å². The van der Waals surface area contributed by atoms with Gasteiger partial charge in [-0.15, -0.1) is 11.8 Å². The highest BCUT2D eigenvalue weighted by Gasteiger charge is 2.12. The molecule has 0 N–H and O–H groups in total. The van der Waals surface area contributed by atoms with Crippen LogP contribution in [0.1, 0.15) is 11.1 Å². The van der Waals surface area contributed by atoms with Crippen LogP contribution in [0.25, 0.3) is 9.81 Å². The fourth-order valence-corrected chi connectivity index (χ4v) is 4.41. The molecule has 3 aromatic carbocycles. The molecule has 0 spiro atoms. The molecule has 0 aromatic heterocycles. The molecule has 23 heavy (non-hydrogen) atoms. The Balaban J connectivity index is 2.12. The minimum atomic E-state index is 1.26. The third-order valence-corrected chi connectivity index (χ3v) is 5.57. The molecule has 0 fully saturated rings. The minimum absolute atomic E-state index is 1.26. The van der Waals surface area contributed by atoms with Gasteiger partial charge in [0.15, 0.2) is 0 Å². The summed E-state index contributed by atoms with van der Waals surface area (Å²) in [5, 5.41) is 0. The zero-order valence-corrected chi connectivity index (χ0v) is 14.6. The second-order valence-electron chi connectivity index (χ2n) is 5.01. The van der Waals surface area contributed by atoms with Gasteiger partial charge in [-0.05, 0) is 29.5 Å². The molecule has 0 saturated carbocycles. The van der Waals surface area contributed by atoms with Crippen LogP contribution in [0.5, 0.6) is 0 Å². The Bertz CT molecular complexity index is 763. The number of hydrogen-bond acceptors (Lipinski definition) is 2. The van der Waals surface area contributed by atoms with Gasteiger partial charge in [0.05, 0.1) is 0 Å². The molecule has 0 aliphatic rings. The molecule has 0 aliphatic carbocycles. The molecular formula is C21H18S2. The van der Waals surface area contributed by atoms with Crippen LogP contribution in [-0.2, 0) is 0 Å². The molecule has 0 atom stereocenters. The molecule has 0 bridgehead atoms. The molecule has 0 unspecified atom stereocenters. The Labute approximate surface area is 146 Å². The van der Waals surface area contributed by atoms with Crippen molar-refractivity contribution in [2.75, 3.05) is 6.26 Å². The van der Waals surface area contributed by atoms with Crippen molar-refractivity contribution in [3.8, 4) is 0 Å². The van der Waals surface area contributed by atoms with Crippen LogP contribution in [0.15, 0.2) is 95.9 Å². The van der Waals surface area contributed by atoms with E-state index in [4.69, 9.17) is 0 Å². The summed E-state index contributed by atoms with van der Waals surface area (Å²) in [6.07, 6.45) is 2.15. The topological polar surface area (TPSA) is 0 Å². The van der Waals surface area contributed by atoms with Crippen molar-refractivity contribution < 1.29 is 0 Å². The first-order chi connectivity index (χ1) is 11.4. The number of benzene rings is 3. The van der Waals surface area contributed by atoms with Crippen LogP contribution in [0.3, 0.4) is 0 Å². The SMILES string of the molecule is CS/C(=C(\Sc1ccccc1)c1ccccc1)c1ccccc1. The monoisotopic (exact) mass is 334 g/mol. The zero-order chi connectivity index (χ0) is 15.9. The fraction of sp³-hybridized carbons (Fsp3) is 0.0476. The lowest BCUT2D eigenvalue weighted by molar-refractivity contribution is 1.47. The van der Waals surface area contributed by atoms with Gasteiger partial charge in [0, 0.05) is 14.7 Å². The molecule has 2 heteroatoms. The first kappa shape index (κ1) is 16.0. The first-order valence-electron chi connectivity index (χ1n) is 7.50. The average Bonchev–Trinajstić information content (AvgIpc) is 2.64. The van der Waals surface area contributed by atoms with Gasteiger partial charge >= 0.3 is 0 Å². The summed E-state index contributed by atoms with van der Waals surface area (Å²) in [6, 6.07) is 31.8. The average molecular weight is 335 g/mol. The highest BCUT2D eigenvalue weighted by Crippen LogP contribution is 2.43. The number of thioether (sulfide) groups is 2. The highest BCUT2D eigenvalue weighted by molar-refractivity contribution is 8.13. The summed E-state index contributed by atoms with van der Waals surface area (Å²) in [5.74, 6) is 0. The predicted octanol–water partition coefficient (Wildman–Crippen LogP) is 6.67. The van der Waals surface area contributed by atoms with Gasteiger partial charge in [-0.25, -0.2) is 0 Å². The van der Waals surface area contributed by atoms with Crippen LogP contribution >= 0.6 is 23.5 Å². The minimum Gasteiger partial charge on any atom is -0.128 e. The summed E-state index contributed by atoms with van der Waals surface area (Å²) >= 11 is 3.63. The van der Waals surface area contributed by atoms with Crippen molar-refractivity contribution in [2.45, 2.75) is 4.90 Å². The van der Waals surface area contributed by atoms with E-state index >= 15 is 0 Å². The van der Waals surface area contributed by atoms with Crippen molar-refractivity contribution in [1.82, 2.24) is 0 Å². The van der Waals surface area contributed by atoms with E-state index in [1.165, 1.54) is 25.8 Å². The summed E-state index contributed by atoms with van der Waals surface area (Å²) in [4.78, 5) is 3.87. The smallest absolute Gasteiger partial charge is 0.0336 e. The molecule has 0 aliphatic heterocycles. The van der Waals surface area contributed by atoms with E-state index in [-0.39, 0.29) is 0 Å². The third kappa shape index (κ3) is 4.10. The quantitative estimate of drug-likeness (QED) is 0.377. The Hall–Kier alpha value is -1.90. The molecule has 3 rings (SSSR count). The van der Waals surface area contributed by atoms with Crippen molar-refractivity contribution in [3.05, 3.63) is 102 Å². The van der Waals surface area contributed by atoms with Crippen LogP contribution in [0, 0.1) is 0 Å². The Morgan fingerprint density at radius 1 is 0.565 bits per heavy atom. The summed E-state index contributed by atoms with van der Waals surface area (Å²) in [7, 11) is 0. The lowest BCUT2D eigenvalue weighted by Crippen LogP contribution is -1.87. The second-order valence-corrected chi connectivity index (χ2v) is 6.91. The molecule has 114 valence electrons. The van der Waals surface area contributed by atoms with E-state index in [9.17, 15) is 0 Å². The van der Waals surface area contributed by atoms with Crippen LogP contribution in [0.4, 0.5) is 0 Å². The fourth-order valence-electron chi connectivity index (χ4n) is 2.36. The number of hydrogen-bond donors (Lipinski definition) is 0. The van der Waals surface area contributed by atoms with Gasteiger partial charge in [-0.1, -0.05) is 90.6 Å². The molecular weight excluding hydrogens is 316 g/mol. The normalized spacial score (nSPS) is 11.9. The standard InChI is InChI=1S/C21H18S2/c1-22-20(17-11-5-2-6-12-17)21(18-13-7-3-8-14-18)23-19-15-9-4-10-16-19/h2-16H,1H3/b21-20-. The van der Waals surface area contributed by atoms with Gasteiger partial charge in [0.1, 0.15) is 0 Å². The molecule has 0 nitrogen and oxygen atoms in total. The van der Waals surface area contributed by atoms with Gasteiger partial charge in [0.25, 0.3) is 0 Å². The largest absolute Gasteiger partial charge is 0.128 e. The number of rotatable bonds is 5. The molecule has 3 aromatic rings. The maximum Gasteiger partial charge on any atom is 0.0336 e. The highest BCUT2D eigenvalue weighted by atomic mass is 32.2. The maximum atomic E-state index is 2.18.